The number of hydrogen-bond donors (Lipinski definition) is 3. The summed E-state index contributed by atoms with van der Waals surface area (Å²) in [4.78, 5) is 21.3. The topological polar surface area (TPSA) is 92.4 Å². The summed E-state index contributed by atoms with van der Waals surface area (Å²) in [5, 5.41) is 11.3. The summed E-state index contributed by atoms with van der Waals surface area (Å²) < 4.78 is 0. The first kappa shape index (κ1) is 8.99. The third-order valence-electron chi connectivity index (χ3n) is 2.49. The van der Waals surface area contributed by atoms with Crippen LogP contribution >= 0.6 is 0 Å². The number of hydrogen-bond acceptors (Lipinski definition) is 3. The summed E-state index contributed by atoms with van der Waals surface area (Å²) in [5.41, 5.74) is 4.34. The smallest absolute Gasteiger partial charge is 0.306 e. The van der Waals surface area contributed by atoms with Gasteiger partial charge in [-0.15, -0.1) is 0 Å². The molecule has 0 bridgehead atoms. The molecule has 1 aliphatic rings. The van der Waals surface area contributed by atoms with Crippen LogP contribution in [0.3, 0.4) is 0 Å². The van der Waals surface area contributed by atoms with Crippen LogP contribution in [0.1, 0.15) is 12.8 Å². The van der Waals surface area contributed by atoms with Gasteiger partial charge in [-0.25, -0.2) is 0 Å². The standard InChI is InChI=1S/C7H12N2O3/c1-9-7(6(8)12)2-4(3-7)5(10)11/h4,9H,2-3H2,1H3,(H2,8,12)(H,10,11). The van der Waals surface area contributed by atoms with E-state index < -0.39 is 23.3 Å². The van der Waals surface area contributed by atoms with Crippen LogP contribution in [0.4, 0.5) is 0 Å². The van der Waals surface area contributed by atoms with E-state index >= 15 is 0 Å². The van der Waals surface area contributed by atoms with Gasteiger partial charge in [0.25, 0.3) is 0 Å². The predicted molar refractivity (Wildman–Crippen MR) is 41.3 cm³/mol. The number of primary amides is 1. The van der Waals surface area contributed by atoms with E-state index in [0.717, 1.165) is 0 Å². The maximum absolute atomic E-state index is 10.9. The van der Waals surface area contributed by atoms with Crippen LogP contribution in [-0.4, -0.2) is 29.6 Å². The summed E-state index contributed by atoms with van der Waals surface area (Å²) in [5.74, 6) is -1.76. The number of likely N-dealkylation sites (N-methyl/N-ethyl adjacent to an activating group) is 1. The van der Waals surface area contributed by atoms with E-state index in [1.165, 1.54) is 0 Å². The van der Waals surface area contributed by atoms with E-state index in [1.54, 1.807) is 7.05 Å². The van der Waals surface area contributed by atoms with E-state index in [4.69, 9.17) is 10.8 Å². The molecular formula is C7H12N2O3. The minimum absolute atomic E-state index is 0.300. The lowest BCUT2D eigenvalue weighted by Crippen LogP contribution is -2.63. The first-order valence-electron chi connectivity index (χ1n) is 3.73. The zero-order chi connectivity index (χ0) is 9.35. The van der Waals surface area contributed by atoms with E-state index in [0.29, 0.717) is 12.8 Å². The molecule has 0 saturated heterocycles. The first-order chi connectivity index (χ1) is 5.52. The molecule has 0 aliphatic heterocycles. The van der Waals surface area contributed by atoms with Crippen LogP contribution in [0.25, 0.3) is 0 Å². The molecule has 0 radical (unpaired) electrons. The van der Waals surface area contributed by atoms with Crippen molar-refractivity contribution in [2.45, 2.75) is 18.4 Å². The Kier molecular flexibility index (Phi) is 2.06. The first-order valence-corrected chi connectivity index (χ1v) is 3.73. The molecule has 1 fully saturated rings. The number of amides is 1. The summed E-state index contributed by atoms with van der Waals surface area (Å²) >= 11 is 0. The van der Waals surface area contributed by atoms with Crippen LogP contribution in [0.5, 0.6) is 0 Å². The van der Waals surface area contributed by atoms with E-state index in [-0.39, 0.29) is 0 Å². The Hall–Kier alpha value is -1.10. The average Bonchev–Trinajstić information content (AvgIpc) is 1.84. The van der Waals surface area contributed by atoms with Crippen molar-refractivity contribution in [2.75, 3.05) is 7.05 Å². The normalized spacial score (nSPS) is 33.9. The predicted octanol–water partition coefficient (Wildman–Crippen LogP) is -1.08. The molecule has 0 atom stereocenters. The fourth-order valence-corrected chi connectivity index (χ4v) is 1.48. The Morgan fingerprint density at radius 3 is 2.33 bits per heavy atom. The molecule has 68 valence electrons. The van der Waals surface area contributed by atoms with Crippen molar-refractivity contribution < 1.29 is 14.7 Å². The molecule has 1 saturated carbocycles. The number of carboxylic acid groups (broad SMARTS) is 1. The molecule has 0 unspecified atom stereocenters. The van der Waals surface area contributed by atoms with Gasteiger partial charge < -0.3 is 16.2 Å². The molecule has 0 aromatic carbocycles. The van der Waals surface area contributed by atoms with Gasteiger partial charge in [-0.3, -0.25) is 9.59 Å². The summed E-state index contributed by atoms with van der Waals surface area (Å²) in [6.07, 6.45) is 0.600. The lowest BCUT2D eigenvalue weighted by atomic mass is 9.68. The van der Waals surface area contributed by atoms with Crippen LogP contribution in [0.15, 0.2) is 0 Å². The zero-order valence-electron chi connectivity index (χ0n) is 6.83. The maximum Gasteiger partial charge on any atom is 0.306 e. The monoisotopic (exact) mass is 172 g/mol. The fourth-order valence-electron chi connectivity index (χ4n) is 1.48. The highest BCUT2D eigenvalue weighted by molar-refractivity contribution is 5.88. The Bertz CT molecular complexity index is 221. The Balaban J connectivity index is 2.58. The second kappa shape index (κ2) is 2.75. The number of carbonyl (C=O) groups excluding carboxylic acids is 1. The number of carbonyl (C=O) groups is 2. The number of aliphatic carboxylic acids is 1. The van der Waals surface area contributed by atoms with Crippen LogP contribution in [0, 0.1) is 5.92 Å². The molecule has 0 aromatic rings. The number of rotatable bonds is 3. The Labute approximate surface area is 69.9 Å². The van der Waals surface area contributed by atoms with Gasteiger partial charge in [-0.2, -0.15) is 0 Å². The second-order valence-electron chi connectivity index (χ2n) is 3.14. The van der Waals surface area contributed by atoms with E-state index in [1.807, 2.05) is 0 Å². The van der Waals surface area contributed by atoms with Crippen molar-refractivity contribution in [3.05, 3.63) is 0 Å². The number of nitrogens with two attached hydrogens (primary N) is 1. The van der Waals surface area contributed by atoms with Crippen LogP contribution in [0.2, 0.25) is 0 Å². The van der Waals surface area contributed by atoms with Crippen molar-refractivity contribution in [2.24, 2.45) is 11.7 Å². The van der Waals surface area contributed by atoms with E-state index in [9.17, 15) is 9.59 Å². The largest absolute Gasteiger partial charge is 0.481 e. The molecule has 1 rings (SSSR count). The van der Waals surface area contributed by atoms with Crippen LogP contribution in [-0.2, 0) is 9.59 Å². The van der Waals surface area contributed by atoms with Gasteiger partial charge in [0.15, 0.2) is 0 Å². The quantitative estimate of drug-likeness (QED) is 0.505. The van der Waals surface area contributed by atoms with E-state index in [2.05, 4.69) is 5.32 Å². The molecule has 0 heterocycles. The zero-order valence-corrected chi connectivity index (χ0v) is 6.83. The van der Waals surface area contributed by atoms with Gasteiger partial charge in [0, 0.05) is 0 Å². The van der Waals surface area contributed by atoms with Crippen molar-refractivity contribution in [3.63, 3.8) is 0 Å². The van der Waals surface area contributed by atoms with Crippen molar-refractivity contribution in [1.29, 1.82) is 0 Å². The molecular weight excluding hydrogens is 160 g/mol. The van der Waals surface area contributed by atoms with Gasteiger partial charge in [-0.1, -0.05) is 0 Å². The fraction of sp³-hybridized carbons (Fsp3) is 0.714. The highest BCUT2D eigenvalue weighted by Crippen LogP contribution is 2.37. The summed E-state index contributed by atoms with van der Waals surface area (Å²) in [6.45, 7) is 0. The Morgan fingerprint density at radius 2 is 2.08 bits per heavy atom. The van der Waals surface area contributed by atoms with Crippen molar-refractivity contribution in [3.8, 4) is 0 Å². The molecule has 5 nitrogen and oxygen atoms in total. The molecule has 4 N–H and O–H groups in total. The minimum Gasteiger partial charge on any atom is -0.481 e. The third kappa shape index (κ3) is 1.16. The number of carboxylic acids is 1. The third-order valence-corrected chi connectivity index (χ3v) is 2.49. The van der Waals surface area contributed by atoms with Gasteiger partial charge in [0.2, 0.25) is 5.91 Å². The van der Waals surface area contributed by atoms with Crippen LogP contribution < -0.4 is 11.1 Å². The van der Waals surface area contributed by atoms with Crippen molar-refractivity contribution in [1.82, 2.24) is 5.32 Å². The van der Waals surface area contributed by atoms with Crippen molar-refractivity contribution >= 4 is 11.9 Å². The molecule has 5 heteroatoms. The van der Waals surface area contributed by atoms with Gasteiger partial charge in [0.1, 0.15) is 0 Å². The second-order valence-corrected chi connectivity index (χ2v) is 3.14. The molecule has 1 amide bonds. The number of nitrogens with one attached hydrogen (secondary N) is 1. The average molecular weight is 172 g/mol. The molecule has 12 heavy (non-hydrogen) atoms. The van der Waals surface area contributed by atoms with Gasteiger partial charge in [0.05, 0.1) is 11.5 Å². The van der Waals surface area contributed by atoms with Gasteiger partial charge in [-0.05, 0) is 19.9 Å². The lowest BCUT2D eigenvalue weighted by Gasteiger charge is -2.42. The highest BCUT2D eigenvalue weighted by Gasteiger charge is 2.50. The summed E-state index contributed by atoms with van der Waals surface area (Å²) in [6, 6.07) is 0. The lowest BCUT2D eigenvalue weighted by molar-refractivity contribution is -0.150. The van der Waals surface area contributed by atoms with Gasteiger partial charge >= 0.3 is 5.97 Å². The summed E-state index contributed by atoms with van der Waals surface area (Å²) in [7, 11) is 1.61. The Morgan fingerprint density at radius 1 is 1.58 bits per heavy atom. The molecule has 0 spiro atoms. The SMILES string of the molecule is CNC1(C(N)=O)CC(C(=O)O)C1. The minimum atomic E-state index is -0.859. The highest BCUT2D eigenvalue weighted by atomic mass is 16.4. The molecule has 0 aromatic heterocycles. The molecule has 1 aliphatic carbocycles. The maximum atomic E-state index is 10.9.